The summed E-state index contributed by atoms with van der Waals surface area (Å²) in [4.78, 5) is 56.7. The fourth-order valence-electron chi connectivity index (χ4n) is 4.80. The number of para-hydroxylation sites is 1. The first kappa shape index (κ1) is 25.4. The lowest BCUT2D eigenvalue weighted by atomic mass is 9.81. The fraction of sp³-hybridized carbons (Fsp3) is 0.172. The number of hydrogen-bond donors (Lipinski definition) is 0. The van der Waals surface area contributed by atoms with Gasteiger partial charge < -0.3 is 19.1 Å². The fourth-order valence-corrected chi connectivity index (χ4v) is 4.80. The number of Topliss-reactive ketones (excluding diaryl/α,β-unsaturated/α-hetero) is 1. The van der Waals surface area contributed by atoms with E-state index in [9.17, 15) is 19.2 Å². The number of carbonyl (C=O) groups excluding carboxylic acids is 4. The summed E-state index contributed by atoms with van der Waals surface area (Å²) >= 11 is 0. The predicted octanol–water partition coefficient (Wildman–Crippen LogP) is 3.69. The van der Waals surface area contributed by atoms with Gasteiger partial charge in [-0.15, -0.1) is 0 Å². The molecule has 0 N–H and O–H groups in total. The van der Waals surface area contributed by atoms with Crippen LogP contribution in [-0.2, 0) is 28.6 Å². The van der Waals surface area contributed by atoms with Crippen LogP contribution in [0.1, 0.15) is 22.0 Å². The Morgan fingerprint density at radius 1 is 0.676 bits per heavy atom. The molecule has 0 aliphatic carbocycles. The van der Waals surface area contributed by atoms with E-state index in [1.807, 2.05) is 0 Å². The molecule has 0 fully saturated rings. The first-order chi connectivity index (χ1) is 17.9. The third-order valence-electron chi connectivity index (χ3n) is 6.31. The first-order valence-electron chi connectivity index (χ1n) is 11.4. The number of anilines is 1. The van der Waals surface area contributed by atoms with Gasteiger partial charge in [0, 0.05) is 11.3 Å². The van der Waals surface area contributed by atoms with Crippen LogP contribution in [-0.4, -0.2) is 50.6 Å². The van der Waals surface area contributed by atoms with Crippen molar-refractivity contribution in [3.8, 4) is 0 Å². The van der Waals surface area contributed by atoms with Crippen LogP contribution in [0.3, 0.4) is 0 Å². The highest BCUT2D eigenvalue weighted by Gasteiger charge is 2.67. The largest absolute Gasteiger partial charge is 0.467 e. The third-order valence-corrected chi connectivity index (χ3v) is 6.31. The van der Waals surface area contributed by atoms with Gasteiger partial charge in [0.15, 0.2) is 0 Å². The average molecular weight is 500 g/mol. The molecular weight excluding hydrogens is 474 g/mol. The third kappa shape index (κ3) is 4.06. The van der Waals surface area contributed by atoms with Crippen molar-refractivity contribution in [2.75, 3.05) is 26.2 Å². The maximum atomic E-state index is 14.5. The molecule has 1 aliphatic heterocycles. The summed E-state index contributed by atoms with van der Waals surface area (Å²) in [5.41, 5.74) is -1.99. The number of esters is 3. The number of carbonyl (C=O) groups is 4. The summed E-state index contributed by atoms with van der Waals surface area (Å²) < 4.78 is 15.4. The second-order valence-corrected chi connectivity index (χ2v) is 8.19. The summed E-state index contributed by atoms with van der Waals surface area (Å²) in [5, 5.41) is 0. The Hall–Kier alpha value is -4.72. The van der Waals surface area contributed by atoms with Crippen LogP contribution in [0, 0.1) is 0 Å². The second kappa shape index (κ2) is 10.5. The quantitative estimate of drug-likeness (QED) is 0.210. The number of benzene rings is 3. The van der Waals surface area contributed by atoms with Crippen LogP contribution >= 0.6 is 0 Å². The number of nitrogens with zero attached hydrogens (tertiary/aromatic N) is 1. The normalized spacial score (nSPS) is 18.8. The Balaban J connectivity index is 2.22. The highest BCUT2D eigenvalue weighted by Crippen LogP contribution is 2.52. The Bertz CT molecular complexity index is 1350. The van der Waals surface area contributed by atoms with Gasteiger partial charge in [0.25, 0.3) is 0 Å². The lowest BCUT2D eigenvalue weighted by Crippen LogP contribution is -2.61. The molecule has 3 aromatic rings. The zero-order valence-electron chi connectivity index (χ0n) is 20.5. The van der Waals surface area contributed by atoms with E-state index in [4.69, 9.17) is 14.2 Å². The zero-order chi connectivity index (χ0) is 26.6. The molecule has 4 rings (SSSR count). The van der Waals surface area contributed by atoms with Crippen LogP contribution in [0.4, 0.5) is 5.69 Å². The number of rotatable bonds is 7. The molecule has 0 aromatic heterocycles. The number of ether oxygens (including phenoxy) is 3. The molecule has 1 aliphatic rings. The topological polar surface area (TPSA) is 99.2 Å². The summed E-state index contributed by atoms with van der Waals surface area (Å²) in [5.74, 6) is -3.73. The predicted molar refractivity (Wildman–Crippen MR) is 135 cm³/mol. The van der Waals surface area contributed by atoms with Crippen LogP contribution in [0.15, 0.2) is 102 Å². The van der Waals surface area contributed by atoms with Gasteiger partial charge in [0.05, 0.1) is 38.5 Å². The molecule has 0 amide bonds. The molecule has 8 heteroatoms. The minimum absolute atomic E-state index is 0.133. The van der Waals surface area contributed by atoms with E-state index in [1.165, 1.54) is 17.0 Å². The molecule has 1 heterocycles. The van der Waals surface area contributed by atoms with E-state index in [1.54, 1.807) is 78.9 Å². The Morgan fingerprint density at radius 3 is 1.70 bits per heavy atom. The lowest BCUT2D eigenvalue weighted by molar-refractivity contribution is -0.147. The van der Waals surface area contributed by atoms with Gasteiger partial charge in [-0.3, -0.25) is 4.79 Å². The van der Waals surface area contributed by atoms with Crippen molar-refractivity contribution in [3.05, 3.63) is 113 Å². The van der Waals surface area contributed by atoms with Gasteiger partial charge in [-0.1, -0.05) is 78.9 Å². The number of hydrogen-bond acceptors (Lipinski definition) is 8. The lowest BCUT2D eigenvalue weighted by Gasteiger charge is -2.41. The van der Waals surface area contributed by atoms with E-state index < -0.39 is 40.8 Å². The Labute approximate surface area is 214 Å². The van der Waals surface area contributed by atoms with E-state index in [0.717, 1.165) is 21.3 Å². The molecule has 0 unspecified atom stereocenters. The molecule has 0 saturated carbocycles. The number of methoxy groups -OCH3 is 3. The van der Waals surface area contributed by atoms with Gasteiger partial charge in [0.1, 0.15) is 0 Å². The molecule has 188 valence electrons. The SMILES string of the molecule is COC(=O)C1=C(C(=O)OC)[C@@](C(=O)OC)(C(=O)c2ccccc2)N(c2ccccc2)[C@H]1c1ccccc1. The Kier molecular flexibility index (Phi) is 7.20. The second-order valence-electron chi connectivity index (χ2n) is 8.19. The minimum atomic E-state index is -2.41. The molecule has 37 heavy (non-hydrogen) atoms. The highest BCUT2D eigenvalue weighted by molar-refractivity contribution is 6.29. The molecule has 0 bridgehead atoms. The molecule has 0 spiro atoms. The molecule has 8 nitrogen and oxygen atoms in total. The summed E-state index contributed by atoms with van der Waals surface area (Å²) in [6.07, 6.45) is 0. The van der Waals surface area contributed by atoms with E-state index in [2.05, 4.69) is 0 Å². The Morgan fingerprint density at radius 2 is 1.19 bits per heavy atom. The first-order valence-corrected chi connectivity index (χ1v) is 11.4. The van der Waals surface area contributed by atoms with Crippen molar-refractivity contribution in [2.24, 2.45) is 0 Å². The van der Waals surface area contributed by atoms with E-state index in [-0.39, 0.29) is 11.1 Å². The van der Waals surface area contributed by atoms with Gasteiger partial charge in [-0.25, -0.2) is 14.4 Å². The van der Waals surface area contributed by atoms with Crippen LogP contribution in [0.25, 0.3) is 0 Å². The maximum absolute atomic E-state index is 14.5. The maximum Gasteiger partial charge on any atom is 0.345 e. The summed E-state index contributed by atoms with van der Waals surface area (Å²) in [6.45, 7) is 0. The molecule has 0 radical (unpaired) electrons. The van der Waals surface area contributed by atoms with Crippen molar-refractivity contribution >= 4 is 29.4 Å². The monoisotopic (exact) mass is 499 g/mol. The van der Waals surface area contributed by atoms with Crippen LogP contribution in [0.5, 0.6) is 0 Å². The van der Waals surface area contributed by atoms with Crippen molar-refractivity contribution in [1.82, 2.24) is 0 Å². The van der Waals surface area contributed by atoms with E-state index in [0.29, 0.717) is 11.3 Å². The summed E-state index contributed by atoms with van der Waals surface area (Å²) in [6, 6.07) is 24.3. The smallest absolute Gasteiger partial charge is 0.345 e. The van der Waals surface area contributed by atoms with Gasteiger partial charge in [0.2, 0.25) is 11.3 Å². The van der Waals surface area contributed by atoms with Crippen LogP contribution < -0.4 is 4.90 Å². The standard InChI is InChI=1S/C29H25NO7/c1-35-26(32)22-23(27(33)36-2)29(28(34)37-3,25(31)20-15-9-5-10-16-20)30(21-17-11-6-12-18-21)24(22)19-13-7-4-8-14-19/h4-18,24H,1-3H3/t24-,29-/m0/s1. The van der Waals surface area contributed by atoms with Gasteiger partial charge in [-0.05, 0) is 17.7 Å². The molecule has 3 aromatic carbocycles. The summed E-state index contributed by atoms with van der Waals surface area (Å²) in [7, 11) is 3.40. The van der Waals surface area contributed by atoms with Crippen LogP contribution in [0.2, 0.25) is 0 Å². The van der Waals surface area contributed by atoms with Crippen molar-refractivity contribution < 1.29 is 33.4 Å². The van der Waals surface area contributed by atoms with Crippen molar-refractivity contribution in [1.29, 1.82) is 0 Å². The zero-order valence-corrected chi connectivity index (χ0v) is 20.5. The van der Waals surface area contributed by atoms with Crippen molar-refractivity contribution in [2.45, 2.75) is 11.6 Å². The molecular formula is C29H25NO7. The molecule has 2 atom stereocenters. The van der Waals surface area contributed by atoms with E-state index >= 15 is 0 Å². The minimum Gasteiger partial charge on any atom is -0.467 e. The average Bonchev–Trinajstić information content (AvgIpc) is 3.29. The van der Waals surface area contributed by atoms with Gasteiger partial charge >= 0.3 is 17.9 Å². The van der Waals surface area contributed by atoms with Gasteiger partial charge in [-0.2, -0.15) is 0 Å². The number of ketones is 1. The van der Waals surface area contributed by atoms with Crippen molar-refractivity contribution in [3.63, 3.8) is 0 Å². The molecule has 0 saturated heterocycles. The highest BCUT2D eigenvalue weighted by atomic mass is 16.5.